The van der Waals surface area contributed by atoms with Crippen LogP contribution >= 0.6 is 0 Å². The van der Waals surface area contributed by atoms with Gasteiger partial charge >= 0.3 is 0 Å². The van der Waals surface area contributed by atoms with Gasteiger partial charge in [-0.05, 0) is 39.8 Å². The number of hydrogen-bond donors (Lipinski definition) is 1. The lowest BCUT2D eigenvalue weighted by Gasteiger charge is -2.13. The molecule has 2 aromatic rings. The van der Waals surface area contributed by atoms with Crippen LogP contribution in [-0.2, 0) is 17.1 Å². The molecular weight excluding hydrogens is 330 g/mol. The van der Waals surface area contributed by atoms with E-state index in [1.807, 2.05) is 20.8 Å². The van der Waals surface area contributed by atoms with Crippen molar-refractivity contribution < 1.29 is 17.9 Å². The standard InChI is InChI=1S/C16H23N3O4S/c1-6-22-14-9-8-13(10-15(14)23-7-2)24(20,21)18-16-11(3)17-19(5)12(16)4/h8-10,18H,6-7H2,1-5H3. The van der Waals surface area contributed by atoms with Gasteiger partial charge in [0, 0.05) is 13.1 Å². The Labute approximate surface area is 142 Å². The molecule has 24 heavy (non-hydrogen) atoms. The molecule has 1 heterocycles. The molecule has 0 bridgehead atoms. The van der Waals surface area contributed by atoms with Crippen molar-refractivity contribution in [3.63, 3.8) is 0 Å². The Morgan fingerprint density at radius 2 is 1.75 bits per heavy atom. The van der Waals surface area contributed by atoms with Gasteiger partial charge < -0.3 is 9.47 Å². The van der Waals surface area contributed by atoms with Crippen LogP contribution in [-0.4, -0.2) is 31.4 Å². The van der Waals surface area contributed by atoms with E-state index in [9.17, 15) is 8.42 Å². The average molecular weight is 353 g/mol. The molecule has 0 amide bonds. The smallest absolute Gasteiger partial charge is 0.262 e. The predicted octanol–water partition coefficient (Wildman–Crippen LogP) is 2.64. The van der Waals surface area contributed by atoms with Crippen LogP contribution < -0.4 is 14.2 Å². The van der Waals surface area contributed by atoms with Gasteiger partial charge in [-0.15, -0.1) is 0 Å². The molecule has 0 unspecified atom stereocenters. The molecule has 0 aliphatic rings. The number of sulfonamides is 1. The lowest BCUT2D eigenvalue weighted by Crippen LogP contribution is -2.14. The van der Waals surface area contributed by atoms with Gasteiger partial charge in [0.15, 0.2) is 11.5 Å². The molecule has 0 radical (unpaired) electrons. The molecule has 0 atom stereocenters. The second-order valence-corrected chi connectivity index (χ2v) is 6.93. The first-order valence-corrected chi connectivity index (χ1v) is 9.21. The minimum absolute atomic E-state index is 0.108. The lowest BCUT2D eigenvalue weighted by molar-refractivity contribution is 0.287. The number of anilines is 1. The van der Waals surface area contributed by atoms with Crippen molar-refractivity contribution in [3.8, 4) is 11.5 Å². The second-order valence-electron chi connectivity index (χ2n) is 5.25. The molecule has 0 spiro atoms. The number of ether oxygens (including phenoxy) is 2. The second kappa shape index (κ2) is 7.12. The third kappa shape index (κ3) is 3.64. The van der Waals surface area contributed by atoms with Crippen LogP contribution in [0.1, 0.15) is 25.2 Å². The minimum Gasteiger partial charge on any atom is -0.490 e. The van der Waals surface area contributed by atoms with Crippen LogP contribution in [0.5, 0.6) is 11.5 Å². The first kappa shape index (κ1) is 18.1. The van der Waals surface area contributed by atoms with Crippen LogP contribution in [0.15, 0.2) is 23.1 Å². The van der Waals surface area contributed by atoms with Crippen molar-refractivity contribution in [1.82, 2.24) is 9.78 Å². The van der Waals surface area contributed by atoms with Crippen molar-refractivity contribution in [1.29, 1.82) is 0 Å². The molecule has 1 N–H and O–H groups in total. The molecule has 0 saturated carbocycles. The Kier molecular flexibility index (Phi) is 5.38. The number of nitrogens with zero attached hydrogens (tertiary/aromatic N) is 2. The van der Waals surface area contributed by atoms with Gasteiger partial charge in [0.05, 0.1) is 35.2 Å². The van der Waals surface area contributed by atoms with Crippen molar-refractivity contribution in [2.45, 2.75) is 32.6 Å². The highest BCUT2D eigenvalue weighted by Gasteiger charge is 2.21. The molecule has 7 nitrogen and oxygen atoms in total. The molecule has 2 rings (SSSR count). The van der Waals surface area contributed by atoms with Gasteiger partial charge in [-0.2, -0.15) is 5.10 Å². The van der Waals surface area contributed by atoms with E-state index in [2.05, 4.69) is 9.82 Å². The van der Waals surface area contributed by atoms with E-state index < -0.39 is 10.0 Å². The third-order valence-electron chi connectivity index (χ3n) is 3.57. The normalized spacial score (nSPS) is 11.4. The zero-order valence-electron chi connectivity index (χ0n) is 14.6. The van der Waals surface area contributed by atoms with Gasteiger partial charge in [-0.1, -0.05) is 0 Å². The Morgan fingerprint density at radius 1 is 1.12 bits per heavy atom. The fourth-order valence-electron chi connectivity index (χ4n) is 2.31. The maximum atomic E-state index is 12.7. The zero-order valence-corrected chi connectivity index (χ0v) is 15.4. The van der Waals surface area contributed by atoms with E-state index in [1.165, 1.54) is 12.1 Å². The van der Waals surface area contributed by atoms with Crippen molar-refractivity contribution >= 4 is 15.7 Å². The summed E-state index contributed by atoms with van der Waals surface area (Å²) in [4.78, 5) is 0.108. The highest BCUT2D eigenvalue weighted by molar-refractivity contribution is 7.92. The number of rotatable bonds is 7. The first-order chi connectivity index (χ1) is 11.3. The van der Waals surface area contributed by atoms with Gasteiger partial charge in [-0.25, -0.2) is 8.42 Å². The number of aromatic nitrogens is 2. The summed E-state index contributed by atoms with van der Waals surface area (Å²) in [5, 5.41) is 4.22. The highest BCUT2D eigenvalue weighted by atomic mass is 32.2. The summed E-state index contributed by atoms with van der Waals surface area (Å²) in [6.45, 7) is 8.14. The van der Waals surface area contributed by atoms with Crippen molar-refractivity contribution in [2.75, 3.05) is 17.9 Å². The molecule has 8 heteroatoms. The predicted molar refractivity (Wildman–Crippen MR) is 92.3 cm³/mol. The molecule has 1 aromatic carbocycles. The number of benzene rings is 1. The maximum Gasteiger partial charge on any atom is 0.262 e. The summed E-state index contributed by atoms with van der Waals surface area (Å²) in [6, 6.07) is 4.57. The number of hydrogen-bond acceptors (Lipinski definition) is 5. The topological polar surface area (TPSA) is 82.5 Å². The Bertz CT molecular complexity index is 828. The Hall–Kier alpha value is -2.22. The van der Waals surface area contributed by atoms with E-state index in [1.54, 1.807) is 24.7 Å². The van der Waals surface area contributed by atoms with E-state index in [0.717, 1.165) is 5.69 Å². The lowest BCUT2D eigenvalue weighted by atomic mass is 10.3. The zero-order chi connectivity index (χ0) is 17.9. The summed E-state index contributed by atoms with van der Waals surface area (Å²) < 4.78 is 40.6. The van der Waals surface area contributed by atoms with Gasteiger partial charge in [-0.3, -0.25) is 9.40 Å². The average Bonchev–Trinajstić information content (AvgIpc) is 2.75. The van der Waals surface area contributed by atoms with Crippen LogP contribution in [0, 0.1) is 13.8 Å². The van der Waals surface area contributed by atoms with Crippen molar-refractivity contribution in [3.05, 3.63) is 29.6 Å². The molecule has 0 saturated heterocycles. The first-order valence-electron chi connectivity index (χ1n) is 7.72. The van der Waals surface area contributed by atoms with E-state index in [-0.39, 0.29) is 4.90 Å². The van der Waals surface area contributed by atoms with E-state index in [4.69, 9.17) is 9.47 Å². The molecule has 0 aliphatic heterocycles. The van der Waals surface area contributed by atoms with Crippen LogP contribution in [0.2, 0.25) is 0 Å². The molecule has 0 aliphatic carbocycles. The summed E-state index contributed by atoms with van der Waals surface area (Å²) in [7, 11) is -1.99. The molecule has 0 fully saturated rings. The summed E-state index contributed by atoms with van der Waals surface area (Å²) in [6.07, 6.45) is 0. The van der Waals surface area contributed by atoms with Crippen LogP contribution in [0.3, 0.4) is 0 Å². The number of nitrogens with one attached hydrogen (secondary N) is 1. The maximum absolute atomic E-state index is 12.7. The van der Waals surface area contributed by atoms with Crippen molar-refractivity contribution in [2.24, 2.45) is 7.05 Å². The highest BCUT2D eigenvalue weighted by Crippen LogP contribution is 2.31. The van der Waals surface area contributed by atoms with E-state index in [0.29, 0.717) is 36.1 Å². The Balaban J connectivity index is 2.40. The SMILES string of the molecule is CCOc1ccc(S(=O)(=O)Nc2c(C)nn(C)c2C)cc1OCC. The van der Waals surface area contributed by atoms with Crippen LogP contribution in [0.25, 0.3) is 0 Å². The largest absolute Gasteiger partial charge is 0.490 e. The van der Waals surface area contributed by atoms with E-state index >= 15 is 0 Å². The van der Waals surface area contributed by atoms with Gasteiger partial charge in [0.2, 0.25) is 0 Å². The van der Waals surface area contributed by atoms with Gasteiger partial charge in [0.25, 0.3) is 10.0 Å². The summed E-state index contributed by atoms with van der Waals surface area (Å²) >= 11 is 0. The molecule has 132 valence electrons. The summed E-state index contributed by atoms with van der Waals surface area (Å²) in [5.41, 5.74) is 1.85. The Morgan fingerprint density at radius 3 is 2.29 bits per heavy atom. The monoisotopic (exact) mass is 353 g/mol. The number of aryl methyl sites for hydroxylation is 2. The summed E-state index contributed by atoms with van der Waals surface area (Å²) in [5.74, 6) is 0.925. The fourth-order valence-corrected chi connectivity index (χ4v) is 3.50. The molecular formula is C16H23N3O4S. The quantitative estimate of drug-likeness (QED) is 0.827. The van der Waals surface area contributed by atoms with Gasteiger partial charge in [0.1, 0.15) is 0 Å². The van der Waals surface area contributed by atoms with Crippen LogP contribution in [0.4, 0.5) is 5.69 Å². The third-order valence-corrected chi connectivity index (χ3v) is 4.92. The fraction of sp³-hybridized carbons (Fsp3) is 0.438. The molecule has 1 aromatic heterocycles. The minimum atomic E-state index is -3.76.